The minimum Gasteiger partial charge on any atom is -0.122 e. The van der Waals surface area contributed by atoms with Gasteiger partial charge < -0.3 is 0 Å². The summed E-state index contributed by atoms with van der Waals surface area (Å²) in [6.45, 7) is 2.35. The largest absolute Gasteiger partial charge is 0.122 e. The van der Waals surface area contributed by atoms with Crippen molar-refractivity contribution in [1.29, 1.82) is 0 Å². The van der Waals surface area contributed by atoms with E-state index in [9.17, 15) is 0 Å². The maximum absolute atomic E-state index is 5.56. The molecule has 1 rings (SSSR count). The van der Waals surface area contributed by atoms with E-state index in [4.69, 9.17) is 11.6 Å². The van der Waals surface area contributed by atoms with Crippen LogP contribution in [0.15, 0.2) is 12.2 Å². The predicted octanol–water partition coefficient (Wildman–Crippen LogP) is 3.61. The first kappa shape index (κ1) is 9.12. The Morgan fingerprint density at radius 3 is 2.45 bits per heavy atom. The molecule has 0 N–H and O–H groups in total. The maximum atomic E-state index is 5.56. The lowest BCUT2D eigenvalue weighted by Gasteiger charge is -2.23. The molecule has 0 amide bonds. The van der Waals surface area contributed by atoms with Gasteiger partial charge in [-0.2, -0.15) is 0 Å². The van der Waals surface area contributed by atoms with E-state index in [0.29, 0.717) is 5.88 Å². The van der Waals surface area contributed by atoms with Crippen LogP contribution in [0.1, 0.15) is 32.6 Å². The number of hydrogen-bond acceptors (Lipinski definition) is 0. The van der Waals surface area contributed by atoms with Crippen molar-refractivity contribution in [2.45, 2.75) is 32.6 Å². The smallest absolute Gasteiger partial charge is 0.0404 e. The van der Waals surface area contributed by atoms with Crippen LogP contribution >= 0.6 is 11.6 Å². The van der Waals surface area contributed by atoms with E-state index in [0.717, 1.165) is 11.8 Å². The average molecular weight is 173 g/mol. The summed E-state index contributed by atoms with van der Waals surface area (Å²) in [5.41, 5.74) is 0. The lowest BCUT2D eigenvalue weighted by Crippen LogP contribution is -2.09. The molecule has 1 aliphatic carbocycles. The quantitative estimate of drug-likeness (QED) is 0.441. The van der Waals surface area contributed by atoms with Crippen molar-refractivity contribution in [2.24, 2.45) is 11.8 Å². The summed E-state index contributed by atoms with van der Waals surface area (Å²) in [5, 5.41) is 0. The van der Waals surface area contributed by atoms with Crippen molar-refractivity contribution < 1.29 is 0 Å². The molecule has 64 valence electrons. The van der Waals surface area contributed by atoms with Gasteiger partial charge in [0.15, 0.2) is 0 Å². The fraction of sp³-hybridized carbons (Fsp3) is 0.800. The molecule has 0 bridgehead atoms. The van der Waals surface area contributed by atoms with Gasteiger partial charge in [0.05, 0.1) is 0 Å². The van der Waals surface area contributed by atoms with Crippen LogP contribution in [0.3, 0.4) is 0 Å². The minimum atomic E-state index is 0.673. The molecule has 0 radical (unpaired) electrons. The highest BCUT2D eigenvalue weighted by Gasteiger charge is 2.15. The average Bonchev–Trinajstić information content (AvgIpc) is 2.04. The van der Waals surface area contributed by atoms with Gasteiger partial charge in [0.2, 0.25) is 0 Å². The minimum absolute atomic E-state index is 0.673. The van der Waals surface area contributed by atoms with Gasteiger partial charge in [0.1, 0.15) is 0 Å². The number of allylic oxidation sites excluding steroid dienone is 2. The van der Waals surface area contributed by atoms with Gasteiger partial charge in [-0.15, -0.1) is 11.6 Å². The molecule has 0 spiro atoms. The molecule has 0 saturated heterocycles. The van der Waals surface area contributed by atoms with E-state index in [1.807, 2.05) is 0 Å². The van der Waals surface area contributed by atoms with Crippen molar-refractivity contribution in [2.75, 3.05) is 5.88 Å². The Bertz CT molecular complexity index is 121. The van der Waals surface area contributed by atoms with Crippen molar-refractivity contribution >= 4 is 11.6 Å². The Morgan fingerprint density at radius 2 is 1.91 bits per heavy atom. The Labute approximate surface area is 74.6 Å². The fourth-order valence-electron chi connectivity index (χ4n) is 1.72. The zero-order chi connectivity index (χ0) is 8.10. The number of rotatable bonds is 2. The molecule has 0 heterocycles. The van der Waals surface area contributed by atoms with E-state index >= 15 is 0 Å². The molecule has 0 unspecified atom stereocenters. The van der Waals surface area contributed by atoms with Gasteiger partial charge in [-0.3, -0.25) is 0 Å². The highest BCUT2D eigenvalue weighted by Crippen LogP contribution is 2.28. The molecule has 0 atom stereocenters. The molecule has 11 heavy (non-hydrogen) atoms. The summed E-state index contributed by atoms with van der Waals surface area (Å²) in [6, 6.07) is 0. The van der Waals surface area contributed by atoms with Crippen LogP contribution in [-0.2, 0) is 0 Å². The van der Waals surface area contributed by atoms with Crippen LogP contribution < -0.4 is 0 Å². The summed E-state index contributed by atoms with van der Waals surface area (Å²) >= 11 is 5.56. The van der Waals surface area contributed by atoms with Gasteiger partial charge in [-0.25, -0.2) is 0 Å². The predicted molar refractivity (Wildman–Crippen MR) is 51.0 cm³/mol. The van der Waals surface area contributed by atoms with E-state index in [-0.39, 0.29) is 0 Å². The van der Waals surface area contributed by atoms with Crippen molar-refractivity contribution in [3.8, 4) is 0 Å². The molecule has 1 heteroatoms. The Morgan fingerprint density at radius 1 is 1.27 bits per heavy atom. The van der Waals surface area contributed by atoms with Gasteiger partial charge in [-0.1, -0.05) is 31.9 Å². The summed E-state index contributed by atoms with van der Waals surface area (Å²) < 4.78 is 0. The van der Waals surface area contributed by atoms with Gasteiger partial charge in [0, 0.05) is 5.88 Å². The second-order valence-corrected chi connectivity index (χ2v) is 3.91. The molecule has 1 saturated carbocycles. The first-order valence-electron chi connectivity index (χ1n) is 4.55. The van der Waals surface area contributed by atoms with Gasteiger partial charge in [0.25, 0.3) is 0 Å². The molecular formula is C10H17Cl. The third-order valence-corrected chi connectivity index (χ3v) is 2.74. The van der Waals surface area contributed by atoms with Crippen LogP contribution in [0.25, 0.3) is 0 Å². The summed E-state index contributed by atoms with van der Waals surface area (Å²) in [6.07, 6.45) is 9.92. The first-order valence-corrected chi connectivity index (χ1v) is 5.09. The maximum Gasteiger partial charge on any atom is 0.0404 e. The summed E-state index contributed by atoms with van der Waals surface area (Å²) in [5.74, 6) is 2.45. The lowest BCUT2D eigenvalue weighted by molar-refractivity contribution is 0.330. The molecule has 0 aromatic carbocycles. The van der Waals surface area contributed by atoms with E-state index in [1.165, 1.54) is 25.7 Å². The summed E-state index contributed by atoms with van der Waals surface area (Å²) in [7, 11) is 0. The van der Waals surface area contributed by atoms with Crippen LogP contribution in [0, 0.1) is 11.8 Å². The van der Waals surface area contributed by atoms with Crippen molar-refractivity contribution in [3.63, 3.8) is 0 Å². The molecule has 0 aromatic rings. The van der Waals surface area contributed by atoms with Gasteiger partial charge in [-0.05, 0) is 24.7 Å². The van der Waals surface area contributed by atoms with E-state index < -0.39 is 0 Å². The van der Waals surface area contributed by atoms with Crippen molar-refractivity contribution in [3.05, 3.63) is 12.2 Å². The highest BCUT2D eigenvalue weighted by molar-refractivity contribution is 6.18. The standard InChI is InChI=1S/C10H17Cl/c1-9-4-6-10(7-5-9)3-2-8-11/h2-3,9-10H,4-8H2,1H3. The second-order valence-electron chi connectivity index (χ2n) is 3.60. The number of hydrogen-bond donors (Lipinski definition) is 0. The van der Waals surface area contributed by atoms with Crippen molar-refractivity contribution in [1.82, 2.24) is 0 Å². The number of halogens is 1. The third kappa shape index (κ3) is 3.29. The Hall–Kier alpha value is 0.0300. The molecular weight excluding hydrogens is 156 g/mol. The van der Waals surface area contributed by atoms with E-state index in [2.05, 4.69) is 19.1 Å². The molecule has 0 aliphatic heterocycles. The molecule has 0 nitrogen and oxygen atoms in total. The third-order valence-electron chi connectivity index (χ3n) is 2.56. The monoisotopic (exact) mass is 172 g/mol. The zero-order valence-electron chi connectivity index (χ0n) is 7.22. The zero-order valence-corrected chi connectivity index (χ0v) is 7.98. The highest BCUT2D eigenvalue weighted by atomic mass is 35.5. The second kappa shape index (κ2) is 4.82. The topological polar surface area (TPSA) is 0 Å². The fourth-order valence-corrected chi connectivity index (χ4v) is 1.83. The van der Waals surface area contributed by atoms with Crippen LogP contribution in [-0.4, -0.2) is 5.88 Å². The SMILES string of the molecule is CC1CCC(C=CCCl)CC1. The Kier molecular flexibility index (Phi) is 3.99. The molecule has 1 aliphatic rings. The van der Waals surface area contributed by atoms with Crippen LogP contribution in [0.4, 0.5) is 0 Å². The summed E-state index contributed by atoms with van der Waals surface area (Å²) in [4.78, 5) is 0. The lowest BCUT2D eigenvalue weighted by atomic mass is 9.83. The van der Waals surface area contributed by atoms with E-state index in [1.54, 1.807) is 0 Å². The normalized spacial score (nSPS) is 32.9. The Balaban J connectivity index is 2.22. The molecule has 1 fully saturated rings. The van der Waals surface area contributed by atoms with Crippen LogP contribution in [0.5, 0.6) is 0 Å². The van der Waals surface area contributed by atoms with Gasteiger partial charge >= 0.3 is 0 Å². The first-order chi connectivity index (χ1) is 5.33. The number of alkyl halides is 1. The van der Waals surface area contributed by atoms with Crippen LogP contribution in [0.2, 0.25) is 0 Å². The molecule has 0 aromatic heterocycles.